The second-order valence-electron chi connectivity index (χ2n) is 5.89. The molecule has 0 saturated carbocycles. The van der Waals surface area contributed by atoms with Gasteiger partial charge in [-0.2, -0.15) is 10.2 Å². The highest BCUT2D eigenvalue weighted by Gasteiger charge is 1.98. The van der Waals surface area contributed by atoms with Gasteiger partial charge in [-0.25, -0.2) is 4.39 Å². The van der Waals surface area contributed by atoms with Crippen LogP contribution in [0.5, 0.6) is 0 Å². The summed E-state index contributed by atoms with van der Waals surface area (Å²) in [6.07, 6.45) is 3.29. The predicted octanol–water partition coefficient (Wildman–Crippen LogP) is 3.55. The first-order valence-corrected chi connectivity index (χ1v) is 8.47. The Hall–Kier alpha value is -4.00. The van der Waals surface area contributed by atoms with E-state index in [9.17, 15) is 4.39 Å². The molecule has 0 amide bonds. The number of guanidine groups is 1. The van der Waals surface area contributed by atoms with E-state index in [0.717, 1.165) is 27.9 Å². The van der Waals surface area contributed by atoms with Crippen LogP contribution in [0.25, 0.3) is 11.1 Å². The zero-order chi connectivity index (χ0) is 19.8. The van der Waals surface area contributed by atoms with Gasteiger partial charge in [0.05, 0.1) is 18.1 Å². The van der Waals surface area contributed by atoms with Crippen molar-refractivity contribution in [2.75, 3.05) is 5.43 Å². The summed E-state index contributed by atoms with van der Waals surface area (Å²) in [7, 11) is 0. The maximum absolute atomic E-state index is 12.9. The molecule has 0 aromatic heterocycles. The highest BCUT2D eigenvalue weighted by molar-refractivity contribution is 5.83. The Balaban J connectivity index is 1.62. The highest BCUT2D eigenvalue weighted by atomic mass is 19.1. The van der Waals surface area contributed by atoms with Crippen LogP contribution < -0.4 is 16.9 Å². The number of hydrogen-bond donors (Lipinski definition) is 3. The molecule has 0 aliphatic heterocycles. The molecule has 0 aliphatic rings. The maximum atomic E-state index is 12.9. The standard InChI is InChI=1S/C21H19FN6/c22-19-9-11-20(12-10-19)27-25-13-15-1-5-17(6-2-15)18-7-3-16(4-8-18)14-26-28-21(23)24/h1-14,27H,(H4,23,24,28)/b25-13+,26-14?. The van der Waals surface area contributed by atoms with Crippen LogP contribution in [0.2, 0.25) is 0 Å². The van der Waals surface area contributed by atoms with Gasteiger partial charge in [0.2, 0.25) is 5.96 Å². The predicted molar refractivity (Wildman–Crippen MR) is 113 cm³/mol. The molecule has 0 spiro atoms. The lowest BCUT2D eigenvalue weighted by molar-refractivity contribution is 0.628. The summed E-state index contributed by atoms with van der Waals surface area (Å²) >= 11 is 0. The number of anilines is 1. The second-order valence-corrected chi connectivity index (χ2v) is 5.89. The van der Waals surface area contributed by atoms with E-state index in [1.807, 2.05) is 48.5 Å². The van der Waals surface area contributed by atoms with Gasteiger partial charge in [0.15, 0.2) is 0 Å². The SMILES string of the molecule is NC(N)=NN=Cc1ccc(-c2ccc(/C=N/Nc3ccc(F)cc3)cc2)cc1. The summed E-state index contributed by atoms with van der Waals surface area (Å²) in [6.45, 7) is 0. The Bertz CT molecular complexity index is 987. The van der Waals surface area contributed by atoms with Crippen LogP contribution in [-0.4, -0.2) is 18.4 Å². The van der Waals surface area contributed by atoms with Crippen LogP contribution in [0.4, 0.5) is 10.1 Å². The van der Waals surface area contributed by atoms with E-state index in [4.69, 9.17) is 11.5 Å². The number of nitrogens with one attached hydrogen (secondary N) is 1. The summed E-state index contributed by atoms with van der Waals surface area (Å²) in [4.78, 5) is 0. The average Bonchev–Trinajstić information content (AvgIpc) is 2.70. The first kappa shape index (κ1) is 18.8. The van der Waals surface area contributed by atoms with E-state index >= 15 is 0 Å². The molecular formula is C21H19FN6. The highest BCUT2D eigenvalue weighted by Crippen LogP contribution is 2.20. The van der Waals surface area contributed by atoms with E-state index in [1.54, 1.807) is 24.6 Å². The Kier molecular flexibility index (Phi) is 6.10. The topological polar surface area (TPSA) is 101 Å². The molecule has 3 aromatic rings. The third kappa shape index (κ3) is 5.50. The Morgan fingerprint density at radius 2 is 1.29 bits per heavy atom. The molecule has 140 valence electrons. The summed E-state index contributed by atoms with van der Waals surface area (Å²) in [5, 5.41) is 11.5. The first-order chi connectivity index (χ1) is 13.6. The first-order valence-electron chi connectivity index (χ1n) is 8.47. The number of nitrogens with zero attached hydrogens (tertiary/aromatic N) is 3. The Labute approximate surface area is 162 Å². The molecule has 0 fully saturated rings. The van der Waals surface area contributed by atoms with E-state index in [0.29, 0.717) is 0 Å². The minimum atomic E-state index is -0.279. The van der Waals surface area contributed by atoms with Gasteiger partial charge in [-0.3, -0.25) is 5.43 Å². The van der Waals surface area contributed by atoms with Crippen LogP contribution in [0.3, 0.4) is 0 Å². The van der Waals surface area contributed by atoms with Gasteiger partial charge in [-0.15, -0.1) is 5.10 Å². The molecule has 5 N–H and O–H groups in total. The fourth-order valence-electron chi connectivity index (χ4n) is 2.39. The normalized spacial score (nSPS) is 11.0. The second kappa shape index (κ2) is 9.09. The van der Waals surface area contributed by atoms with E-state index < -0.39 is 0 Å². The van der Waals surface area contributed by atoms with Crippen molar-refractivity contribution in [3.05, 3.63) is 89.7 Å². The number of benzene rings is 3. The van der Waals surface area contributed by atoms with Crippen LogP contribution in [-0.2, 0) is 0 Å². The van der Waals surface area contributed by atoms with Crippen molar-refractivity contribution in [2.24, 2.45) is 26.8 Å². The summed E-state index contributed by atoms with van der Waals surface area (Å²) in [5.74, 6) is -0.358. The summed E-state index contributed by atoms with van der Waals surface area (Å²) in [6, 6.07) is 21.8. The molecule has 3 rings (SSSR count). The number of hydrazone groups is 1. The smallest absolute Gasteiger partial charge is 0.211 e. The van der Waals surface area contributed by atoms with Gasteiger partial charge in [-0.1, -0.05) is 48.5 Å². The average molecular weight is 374 g/mol. The van der Waals surface area contributed by atoms with Gasteiger partial charge in [0, 0.05) is 0 Å². The van der Waals surface area contributed by atoms with E-state index in [-0.39, 0.29) is 11.8 Å². The number of nitrogens with two attached hydrogens (primary N) is 2. The number of rotatable bonds is 6. The summed E-state index contributed by atoms with van der Waals surface area (Å²) in [5.41, 5.74) is 18.0. The molecule has 0 aliphatic carbocycles. The van der Waals surface area contributed by atoms with Gasteiger partial charge in [-0.05, 0) is 46.5 Å². The minimum absolute atomic E-state index is 0.0793. The fraction of sp³-hybridized carbons (Fsp3) is 0. The molecule has 0 unspecified atom stereocenters. The molecule has 0 bridgehead atoms. The molecule has 3 aromatic carbocycles. The monoisotopic (exact) mass is 374 g/mol. The van der Waals surface area contributed by atoms with Crippen molar-refractivity contribution < 1.29 is 4.39 Å². The van der Waals surface area contributed by atoms with Crippen LogP contribution in [0, 0.1) is 5.82 Å². The van der Waals surface area contributed by atoms with E-state index in [1.165, 1.54) is 12.1 Å². The third-order valence-electron chi connectivity index (χ3n) is 3.79. The van der Waals surface area contributed by atoms with Gasteiger partial charge >= 0.3 is 0 Å². The van der Waals surface area contributed by atoms with Gasteiger partial charge in [0.25, 0.3) is 0 Å². The number of halogens is 1. The minimum Gasteiger partial charge on any atom is -0.369 e. The quantitative estimate of drug-likeness (QED) is 0.349. The van der Waals surface area contributed by atoms with Gasteiger partial charge < -0.3 is 11.5 Å². The van der Waals surface area contributed by atoms with E-state index in [2.05, 4.69) is 20.7 Å². The maximum Gasteiger partial charge on any atom is 0.211 e. The van der Waals surface area contributed by atoms with Crippen molar-refractivity contribution >= 4 is 24.1 Å². The molecule has 0 heterocycles. The lowest BCUT2D eigenvalue weighted by Crippen LogP contribution is -2.21. The zero-order valence-corrected chi connectivity index (χ0v) is 15.0. The van der Waals surface area contributed by atoms with Crippen molar-refractivity contribution in [1.82, 2.24) is 0 Å². The van der Waals surface area contributed by atoms with Crippen molar-refractivity contribution in [3.8, 4) is 11.1 Å². The van der Waals surface area contributed by atoms with Crippen molar-refractivity contribution in [3.63, 3.8) is 0 Å². The van der Waals surface area contributed by atoms with Crippen LogP contribution in [0.1, 0.15) is 11.1 Å². The van der Waals surface area contributed by atoms with Crippen molar-refractivity contribution in [1.29, 1.82) is 0 Å². The molecule has 7 heteroatoms. The van der Waals surface area contributed by atoms with Crippen molar-refractivity contribution in [2.45, 2.75) is 0 Å². The van der Waals surface area contributed by atoms with Gasteiger partial charge in [0.1, 0.15) is 5.82 Å². The third-order valence-corrected chi connectivity index (χ3v) is 3.79. The molecule has 0 radical (unpaired) electrons. The molecule has 6 nitrogen and oxygen atoms in total. The molecule has 0 saturated heterocycles. The lowest BCUT2D eigenvalue weighted by Gasteiger charge is -2.03. The largest absolute Gasteiger partial charge is 0.369 e. The van der Waals surface area contributed by atoms with Crippen LogP contribution >= 0.6 is 0 Å². The molecule has 28 heavy (non-hydrogen) atoms. The zero-order valence-electron chi connectivity index (χ0n) is 15.0. The molecular weight excluding hydrogens is 355 g/mol. The summed E-state index contributed by atoms with van der Waals surface area (Å²) < 4.78 is 12.9. The molecule has 0 atom stereocenters. The Morgan fingerprint density at radius 1 is 0.750 bits per heavy atom. The Morgan fingerprint density at radius 3 is 1.82 bits per heavy atom. The number of hydrogen-bond acceptors (Lipinski definition) is 4. The lowest BCUT2D eigenvalue weighted by atomic mass is 10.0. The van der Waals surface area contributed by atoms with Crippen LogP contribution in [0.15, 0.2) is 88.1 Å². The fourth-order valence-corrected chi connectivity index (χ4v) is 2.39.